The first-order valence-electron chi connectivity index (χ1n) is 7.23. The SMILES string of the molecule is CC[C@H](C)[C@@H](NC(=O)N[C@H]1CCCC[C@H]1C)C(=O)[O-]. The van der Waals surface area contributed by atoms with Crippen LogP contribution in [-0.4, -0.2) is 24.1 Å². The van der Waals surface area contributed by atoms with Crippen LogP contribution >= 0.6 is 0 Å². The van der Waals surface area contributed by atoms with E-state index in [2.05, 4.69) is 17.6 Å². The van der Waals surface area contributed by atoms with Crippen LogP contribution in [0.3, 0.4) is 0 Å². The van der Waals surface area contributed by atoms with Crippen molar-refractivity contribution < 1.29 is 14.7 Å². The van der Waals surface area contributed by atoms with Crippen molar-refractivity contribution in [1.82, 2.24) is 10.6 Å². The van der Waals surface area contributed by atoms with Gasteiger partial charge in [-0.2, -0.15) is 0 Å². The van der Waals surface area contributed by atoms with Crippen molar-refractivity contribution in [2.75, 3.05) is 0 Å². The molecule has 2 N–H and O–H groups in total. The minimum absolute atomic E-state index is 0.139. The summed E-state index contributed by atoms with van der Waals surface area (Å²) in [7, 11) is 0. The molecule has 2 amide bonds. The lowest BCUT2D eigenvalue weighted by molar-refractivity contribution is -0.309. The van der Waals surface area contributed by atoms with E-state index in [4.69, 9.17) is 0 Å². The van der Waals surface area contributed by atoms with Gasteiger partial charge < -0.3 is 20.5 Å². The van der Waals surface area contributed by atoms with Crippen molar-refractivity contribution in [3.8, 4) is 0 Å². The molecule has 0 aromatic carbocycles. The molecule has 1 saturated carbocycles. The van der Waals surface area contributed by atoms with Crippen molar-refractivity contribution in [2.45, 2.75) is 65.0 Å². The van der Waals surface area contributed by atoms with Crippen LogP contribution in [0.1, 0.15) is 52.9 Å². The third-order valence-electron chi connectivity index (χ3n) is 4.18. The highest BCUT2D eigenvalue weighted by Gasteiger charge is 2.25. The number of nitrogens with one attached hydrogen (secondary N) is 2. The highest BCUT2D eigenvalue weighted by molar-refractivity contribution is 5.81. The molecule has 0 heterocycles. The van der Waals surface area contributed by atoms with E-state index in [1.165, 1.54) is 6.42 Å². The van der Waals surface area contributed by atoms with Crippen LogP contribution < -0.4 is 15.7 Å². The van der Waals surface area contributed by atoms with Gasteiger partial charge in [0.1, 0.15) is 0 Å². The van der Waals surface area contributed by atoms with E-state index in [9.17, 15) is 14.7 Å². The molecule has 0 aromatic rings. The fourth-order valence-electron chi connectivity index (χ4n) is 2.55. The van der Waals surface area contributed by atoms with E-state index in [-0.39, 0.29) is 12.0 Å². The summed E-state index contributed by atoms with van der Waals surface area (Å²) in [5.41, 5.74) is 0. The maximum atomic E-state index is 11.9. The predicted molar refractivity (Wildman–Crippen MR) is 71.3 cm³/mol. The second-order valence-electron chi connectivity index (χ2n) is 5.67. The van der Waals surface area contributed by atoms with Crippen molar-refractivity contribution in [3.05, 3.63) is 0 Å². The van der Waals surface area contributed by atoms with Gasteiger partial charge in [0.15, 0.2) is 0 Å². The van der Waals surface area contributed by atoms with Crippen molar-refractivity contribution in [2.24, 2.45) is 11.8 Å². The Kier molecular flexibility index (Phi) is 6.12. The van der Waals surface area contributed by atoms with E-state index in [1.807, 2.05) is 6.92 Å². The molecule has 1 rings (SSSR count). The molecule has 0 radical (unpaired) electrons. The normalized spacial score (nSPS) is 26.3. The fraction of sp³-hybridized carbons (Fsp3) is 0.857. The van der Waals surface area contributed by atoms with Crippen LogP contribution in [0, 0.1) is 11.8 Å². The van der Waals surface area contributed by atoms with Gasteiger partial charge in [-0.25, -0.2) is 4.79 Å². The number of hydrogen-bond donors (Lipinski definition) is 2. The number of carboxylic acid groups (broad SMARTS) is 1. The quantitative estimate of drug-likeness (QED) is 0.782. The Bertz CT molecular complexity index is 320. The summed E-state index contributed by atoms with van der Waals surface area (Å²) in [5.74, 6) is -0.912. The third-order valence-corrected chi connectivity index (χ3v) is 4.18. The largest absolute Gasteiger partial charge is 0.548 e. The van der Waals surface area contributed by atoms with Gasteiger partial charge in [0.25, 0.3) is 0 Å². The Hall–Kier alpha value is -1.26. The molecule has 110 valence electrons. The summed E-state index contributed by atoms with van der Waals surface area (Å²) >= 11 is 0. The van der Waals surface area contributed by atoms with Gasteiger partial charge in [0.2, 0.25) is 0 Å². The highest BCUT2D eigenvalue weighted by Crippen LogP contribution is 2.23. The third kappa shape index (κ3) is 4.73. The number of urea groups is 1. The second kappa shape index (κ2) is 7.36. The fourth-order valence-corrected chi connectivity index (χ4v) is 2.55. The molecule has 0 unspecified atom stereocenters. The van der Waals surface area contributed by atoms with E-state index in [0.717, 1.165) is 19.3 Å². The molecule has 1 fully saturated rings. The van der Waals surface area contributed by atoms with Gasteiger partial charge in [-0.05, 0) is 24.7 Å². The number of amides is 2. The summed E-state index contributed by atoms with van der Waals surface area (Å²) in [6.07, 6.45) is 5.08. The van der Waals surface area contributed by atoms with Crippen LogP contribution in [0.15, 0.2) is 0 Å². The molecule has 1 aliphatic rings. The molecule has 4 atom stereocenters. The molecular weight excluding hydrogens is 244 g/mol. The van der Waals surface area contributed by atoms with Crippen LogP contribution in [0.25, 0.3) is 0 Å². The average molecular weight is 269 g/mol. The maximum absolute atomic E-state index is 11.9. The molecule has 5 nitrogen and oxygen atoms in total. The van der Waals surface area contributed by atoms with Crippen molar-refractivity contribution in [3.63, 3.8) is 0 Å². The van der Waals surface area contributed by atoms with Gasteiger partial charge in [-0.15, -0.1) is 0 Å². The zero-order chi connectivity index (χ0) is 14.4. The van der Waals surface area contributed by atoms with E-state index < -0.39 is 18.0 Å². The standard InChI is InChI=1S/C14H26N2O3/c1-4-9(2)12(13(17)18)16-14(19)15-11-8-6-5-7-10(11)3/h9-12H,4-8H2,1-3H3,(H,17,18)(H2,15,16,19)/p-1/t9-,10+,11-,12+/m0/s1. The first-order valence-corrected chi connectivity index (χ1v) is 7.23. The van der Waals surface area contributed by atoms with Crippen molar-refractivity contribution >= 4 is 12.0 Å². The van der Waals surface area contributed by atoms with Crippen LogP contribution in [0.2, 0.25) is 0 Å². The van der Waals surface area contributed by atoms with Crippen LogP contribution in [-0.2, 0) is 4.79 Å². The van der Waals surface area contributed by atoms with Gasteiger partial charge >= 0.3 is 6.03 Å². The average Bonchev–Trinajstić information content (AvgIpc) is 2.37. The summed E-state index contributed by atoms with van der Waals surface area (Å²) in [4.78, 5) is 22.9. The number of carbonyl (C=O) groups is 2. The lowest BCUT2D eigenvalue weighted by Gasteiger charge is -2.31. The van der Waals surface area contributed by atoms with E-state index in [0.29, 0.717) is 12.3 Å². The first kappa shape index (κ1) is 15.8. The number of rotatable bonds is 5. The van der Waals surface area contributed by atoms with Crippen LogP contribution in [0.4, 0.5) is 4.79 Å². The zero-order valence-electron chi connectivity index (χ0n) is 12.1. The molecular formula is C14H25N2O3-. The molecule has 0 bridgehead atoms. The summed E-state index contributed by atoms with van der Waals surface area (Å²) in [6, 6.07) is -1.18. The minimum Gasteiger partial charge on any atom is -0.548 e. The number of hydrogen-bond acceptors (Lipinski definition) is 3. The van der Waals surface area contributed by atoms with E-state index >= 15 is 0 Å². The molecule has 0 saturated heterocycles. The number of carbonyl (C=O) groups excluding carboxylic acids is 2. The lowest BCUT2D eigenvalue weighted by Crippen LogP contribution is -2.56. The Balaban J connectivity index is 2.50. The first-order chi connectivity index (χ1) is 8.95. The van der Waals surface area contributed by atoms with Gasteiger partial charge in [0, 0.05) is 6.04 Å². The molecule has 0 aliphatic heterocycles. The highest BCUT2D eigenvalue weighted by atomic mass is 16.4. The van der Waals surface area contributed by atoms with Crippen LogP contribution in [0.5, 0.6) is 0 Å². The van der Waals surface area contributed by atoms with Gasteiger partial charge in [-0.1, -0.05) is 40.0 Å². The Labute approximate surface area is 115 Å². The van der Waals surface area contributed by atoms with E-state index in [1.54, 1.807) is 6.92 Å². The summed E-state index contributed by atoms with van der Waals surface area (Å²) < 4.78 is 0. The zero-order valence-corrected chi connectivity index (χ0v) is 12.1. The Morgan fingerprint density at radius 1 is 1.32 bits per heavy atom. The van der Waals surface area contributed by atoms with Gasteiger partial charge in [-0.3, -0.25) is 0 Å². The summed E-state index contributed by atoms with van der Waals surface area (Å²) in [5, 5.41) is 16.5. The molecule has 1 aliphatic carbocycles. The molecule has 5 heteroatoms. The number of carboxylic acids is 1. The van der Waals surface area contributed by atoms with Crippen molar-refractivity contribution in [1.29, 1.82) is 0 Å². The maximum Gasteiger partial charge on any atom is 0.315 e. The second-order valence-corrected chi connectivity index (χ2v) is 5.67. The predicted octanol–water partition coefficient (Wildman–Crippen LogP) is 1.03. The number of aliphatic carboxylic acids is 1. The molecule has 0 aromatic heterocycles. The summed E-state index contributed by atoms with van der Waals surface area (Å²) in [6.45, 7) is 5.81. The molecule has 0 spiro atoms. The van der Waals surface area contributed by atoms with Gasteiger partial charge in [0.05, 0.1) is 12.0 Å². The minimum atomic E-state index is -1.22. The topological polar surface area (TPSA) is 81.3 Å². The Morgan fingerprint density at radius 2 is 1.95 bits per heavy atom. The smallest absolute Gasteiger partial charge is 0.315 e. The Morgan fingerprint density at radius 3 is 2.47 bits per heavy atom. The monoisotopic (exact) mass is 269 g/mol. The molecule has 19 heavy (non-hydrogen) atoms. The lowest BCUT2D eigenvalue weighted by atomic mass is 9.86.